The van der Waals surface area contributed by atoms with E-state index in [2.05, 4.69) is 18.2 Å². The summed E-state index contributed by atoms with van der Waals surface area (Å²) in [6.45, 7) is 1.04. The molecule has 0 bridgehead atoms. The van der Waals surface area contributed by atoms with E-state index in [9.17, 15) is 9.59 Å². The molecule has 0 radical (unpaired) electrons. The van der Waals surface area contributed by atoms with Crippen LogP contribution in [0.1, 0.15) is 30.4 Å². The minimum absolute atomic E-state index is 0.129. The number of ether oxygens (including phenoxy) is 1. The lowest BCUT2D eigenvalue weighted by Crippen LogP contribution is -2.38. The summed E-state index contributed by atoms with van der Waals surface area (Å²) in [4.78, 5) is 26.7. The maximum atomic E-state index is 12.5. The average Bonchev–Trinajstić information content (AvgIpc) is 3.55. The smallest absolute Gasteiger partial charge is 0.317 e. The quantitative estimate of drug-likeness (QED) is 0.765. The van der Waals surface area contributed by atoms with E-state index < -0.39 is 5.41 Å². The zero-order valence-corrected chi connectivity index (χ0v) is 15.3. The number of hydrogen-bond donors (Lipinski definition) is 0. The van der Waals surface area contributed by atoms with E-state index in [4.69, 9.17) is 4.74 Å². The van der Waals surface area contributed by atoms with Crippen LogP contribution >= 0.6 is 0 Å². The number of amides is 1. The molecule has 2 aliphatic rings. The molecule has 1 saturated carbocycles. The Morgan fingerprint density at radius 3 is 2.22 bits per heavy atom. The van der Waals surface area contributed by atoms with Crippen molar-refractivity contribution in [3.63, 3.8) is 0 Å². The number of esters is 1. The SMILES string of the molecule is O=C(COC(=O)C1(c2ccccc2)CC1)N1CC=C(c2ccccc2)CC1. The van der Waals surface area contributed by atoms with Crippen molar-refractivity contribution in [2.45, 2.75) is 24.7 Å². The fraction of sp³-hybridized carbons (Fsp3) is 0.304. The molecule has 1 fully saturated rings. The normalized spacial score (nSPS) is 17.8. The summed E-state index contributed by atoms with van der Waals surface area (Å²) in [7, 11) is 0. The van der Waals surface area contributed by atoms with E-state index in [1.54, 1.807) is 4.90 Å². The van der Waals surface area contributed by atoms with Gasteiger partial charge in [-0.05, 0) is 36.0 Å². The van der Waals surface area contributed by atoms with E-state index >= 15 is 0 Å². The van der Waals surface area contributed by atoms with Crippen molar-refractivity contribution in [3.8, 4) is 0 Å². The van der Waals surface area contributed by atoms with Crippen molar-refractivity contribution < 1.29 is 14.3 Å². The van der Waals surface area contributed by atoms with Gasteiger partial charge in [0, 0.05) is 13.1 Å². The largest absolute Gasteiger partial charge is 0.455 e. The number of rotatable bonds is 5. The van der Waals surface area contributed by atoms with E-state index in [0.717, 1.165) is 24.8 Å². The lowest BCUT2D eigenvalue weighted by molar-refractivity contribution is -0.154. The lowest BCUT2D eigenvalue weighted by Gasteiger charge is -2.27. The second-order valence-electron chi connectivity index (χ2n) is 7.21. The van der Waals surface area contributed by atoms with Crippen molar-refractivity contribution in [2.24, 2.45) is 0 Å². The molecule has 1 aliphatic heterocycles. The highest BCUT2D eigenvalue weighted by Crippen LogP contribution is 2.49. The summed E-state index contributed by atoms with van der Waals surface area (Å²) in [5.41, 5.74) is 2.91. The minimum Gasteiger partial charge on any atom is -0.455 e. The Hall–Kier alpha value is -2.88. The Labute approximate surface area is 159 Å². The zero-order valence-electron chi connectivity index (χ0n) is 15.3. The summed E-state index contributed by atoms with van der Waals surface area (Å²) in [5.74, 6) is -0.407. The second kappa shape index (κ2) is 7.39. The first-order valence-corrected chi connectivity index (χ1v) is 9.44. The van der Waals surface area contributed by atoms with Gasteiger partial charge in [0.1, 0.15) is 0 Å². The van der Waals surface area contributed by atoms with Crippen molar-refractivity contribution in [1.29, 1.82) is 0 Å². The van der Waals surface area contributed by atoms with Crippen LogP contribution in [0.25, 0.3) is 5.57 Å². The molecule has 4 nitrogen and oxygen atoms in total. The predicted octanol–water partition coefficient (Wildman–Crippen LogP) is 3.58. The number of benzene rings is 2. The molecule has 1 amide bonds. The van der Waals surface area contributed by atoms with Gasteiger partial charge in [-0.3, -0.25) is 9.59 Å². The summed E-state index contributed by atoms with van der Waals surface area (Å²) in [5, 5.41) is 0. The Bertz CT molecular complexity index is 854. The summed E-state index contributed by atoms with van der Waals surface area (Å²) < 4.78 is 5.40. The molecule has 0 spiro atoms. The molecule has 27 heavy (non-hydrogen) atoms. The van der Waals surface area contributed by atoms with Crippen LogP contribution in [-0.4, -0.2) is 36.5 Å². The maximum Gasteiger partial charge on any atom is 0.317 e. The van der Waals surface area contributed by atoms with Crippen LogP contribution in [0.5, 0.6) is 0 Å². The van der Waals surface area contributed by atoms with Gasteiger partial charge >= 0.3 is 5.97 Å². The molecule has 0 unspecified atom stereocenters. The van der Waals surface area contributed by atoms with E-state index in [-0.39, 0.29) is 18.5 Å². The van der Waals surface area contributed by atoms with E-state index in [0.29, 0.717) is 13.1 Å². The first-order chi connectivity index (χ1) is 13.2. The fourth-order valence-corrected chi connectivity index (χ4v) is 3.66. The van der Waals surface area contributed by atoms with Crippen molar-refractivity contribution in [2.75, 3.05) is 19.7 Å². The highest BCUT2D eigenvalue weighted by Gasteiger charge is 2.52. The number of hydrogen-bond acceptors (Lipinski definition) is 3. The monoisotopic (exact) mass is 361 g/mol. The Morgan fingerprint density at radius 2 is 1.63 bits per heavy atom. The third kappa shape index (κ3) is 3.65. The molecule has 0 N–H and O–H groups in total. The van der Waals surface area contributed by atoms with Gasteiger partial charge in [-0.25, -0.2) is 0 Å². The van der Waals surface area contributed by atoms with Crippen molar-refractivity contribution in [1.82, 2.24) is 4.90 Å². The van der Waals surface area contributed by atoms with Gasteiger partial charge < -0.3 is 9.64 Å². The van der Waals surface area contributed by atoms with Gasteiger partial charge in [-0.1, -0.05) is 66.7 Å². The Morgan fingerprint density at radius 1 is 0.963 bits per heavy atom. The molecule has 0 saturated heterocycles. The van der Waals surface area contributed by atoms with Crippen molar-refractivity contribution in [3.05, 3.63) is 77.9 Å². The molecule has 4 heteroatoms. The summed E-state index contributed by atoms with van der Waals surface area (Å²) in [6, 6.07) is 19.9. The third-order valence-electron chi connectivity index (χ3n) is 5.50. The van der Waals surface area contributed by atoms with Gasteiger partial charge in [0.05, 0.1) is 5.41 Å². The molecule has 2 aromatic rings. The molecule has 0 aromatic heterocycles. The predicted molar refractivity (Wildman–Crippen MR) is 104 cm³/mol. The number of carbonyl (C=O) groups is 2. The molecule has 0 atom stereocenters. The third-order valence-corrected chi connectivity index (χ3v) is 5.50. The number of nitrogens with zero attached hydrogens (tertiary/aromatic N) is 1. The molecular formula is C23H23NO3. The fourth-order valence-electron chi connectivity index (χ4n) is 3.66. The van der Waals surface area contributed by atoms with E-state index in [1.165, 1.54) is 11.1 Å². The minimum atomic E-state index is -0.538. The van der Waals surface area contributed by atoms with Crippen LogP contribution in [0.3, 0.4) is 0 Å². The van der Waals surface area contributed by atoms with Crippen LogP contribution in [-0.2, 0) is 19.7 Å². The van der Waals surface area contributed by atoms with Crippen molar-refractivity contribution >= 4 is 17.4 Å². The highest BCUT2D eigenvalue weighted by molar-refractivity contribution is 5.89. The van der Waals surface area contributed by atoms with Gasteiger partial charge in [-0.15, -0.1) is 0 Å². The Kier molecular flexibility index (Phi) is 4.80. The average molecular weight is 361 g/mol. The molecule has 2 aromatic carbocycles. The van der Waals surface area contributed by atoms with Gasteiger partial charge in [0.25, 0.3) is 5.91 Å². The first-order valence-electron chi connectivity index (χ1n) is 9.44. The summed E-state index contributed by atoms with van der Waals surface area (Å²) in [6.07, 6.45) is 4.48. The van der Waals surface area contributed by atoms with Crippen LogP contribution < -0.4 is 0 Å². The van der Waals surface area contributed by atoms with E-state index in [1.807, 2.05) is 48.5 Å². The van der Waals surface area contributed by atoms with Crippen LogP contribution in [0.15, 0.2) is 66.7 Å². The van der Waals surface area contributed by atoms with Crippen LogP contribution in [0.4, 0.5) is 0 Å². The van der Waals surface area contributed by atoms with Crippen LogP contribution in [0.2, 0.25) is 0 Å². The second-order valence-corrected chi connectivity index (χ2v) is 7.21. The lowest BCUT2D eigenvalue weighted by atomic mass is 9.96. The molecular weight excluding hydrogens is 338 g/mol. The van der Waals surface area contributed by atoms with Crippen LogP contribution in [0, 0.1) is 0 Å². The molecule has 4 rings (SSSR count). The van der Waals surface area contributed by atoms with Gasteiger partial charge in [0.15, 0.2) is 6.61 Å². The summed E-state index contributed by atoms with van der Waals surface area (Å²) >= 11 is 0. The zero-order chi connectivity index (χ0) is 18.7. The molecule has 1 aliphatic carbocycles. The maximum absolute atomic E-state index is 12.5. The molecule has 138 valence electrons. The van der Waals surface area contributed by atoms with Gasteiger partial charge in [-0.2, -0.15) is 0 Å². The Balaban J connectivity index is 1.32. The first kappa shape index (κ1) is 17.5. The standard InChI is InChI=1S/C23H23NO3/c25-21(24-15-11-19(12-16-24)18-7-3-1-4-8-18)17-27-22(26)23(13-14-23)20-9-5-2-6-10-20/h1-11H,12-17H2. The van der Waals surface area contributed by atoms with Gasteiger partial charge in [0.2, 0.25) is 0 Å². The highest BCUT2D eigenvalue weighted by atomic mass is 16.5. The number of carbonyl (C=O) groups excluding carboxylic acids is 2. The topological polar surface area (TPSA) is 46.6 Å². The molecule has 1 heterocycles.